The molecule has 3 atom stereocenters. The van der Waals surface area contributed by atoms with Gasteiger partial charge in [0.25, 0.3) is 5.56 Å². The third kappa shape index (κ3) is 12.8. The molecule has 0 aliphatic heterocycles. The van der Waals surface area contributed by atoms with Crippen molar-refractivity contribution in [3.63, 3.8) is 0 Å². The van der Waals surface area contributed by atoms with Gasteiger partial charge in [-0.3, -0.25) is 18.8 Å². The highest BCUT2D eigenvalue weighted by Gasteiger charge is 2.31. The highest BCUT2D eigenvalue weighted by atomic mass is 31.2. The Hall–Kier alpha value is -1.78. The number of phosphoric acid groups is 1. The quantitative estimate of drug-likeness (QED) is 0.0835. The molecule has 2 aromatic heterocycles. The zero-order valence-electron chi connectivity index (χ0n) is 25.6. The second-order valence-corrected chi connectivity index (χ2v) is 13.2. The number of nitrogens with one attached hydrogen (secondary N) is 1. The van der Waals surface area contributed by atoms with Gasteiger partial charge in [0.05, 0.1) is 19.5 Å². The van der Waals surface area contributed by atoms with Crippen molar-refractivity contribution >= 4 is 24.9 Å². The number of unbranched alkanes of at least 4 members (excludes halogenated alkanes) is 13. The number of phosphoric ester groups is 1. The average Bonchev–Trinajstić information content (AvgIpc) is 3.60. The molecule has 1 unspecified atom stereocenters. The summed E-state index contributed by atoms with van der Waals surface area (Å²) >= 11 is 0. The van der Waals surface area contributed by atoms with Crippen LogP contribution in [0.1, 0.15) is 129 Å². The van der Waals surface area contributed by atoms with Gasteiger partial charge in [-0.2, -0.15) is 4.98 Å². The molecule has 0 amide bonds. The largest absolute Gasteiger partial charge is 0.472 e. The number of ether oxygens (including phenoxy) is 1. The van der Waals surface area contributed by atoms with E-state index in [2.05, 4.69) is 21.9 Å². The zero-order valence-corrected chi connectivity index (χ0v) is 26.5. The molecule has 0 bridgehead atoms. The van der Waals surface area contributed by atoms with Gasteiger partial charge in [0.1, 0.15) is 0 Å². The van der Waals surface area contributed by atoms with Gasteiger partial charge in [-0.15, -0.1) is 0 Å². The minimum absolute atomic E-state index is 0.0470. The Kier molecular flexibility index (Phi) is 16.1. The van der Waals surface area contributed by atoms with Crippen molar-refractivity contribution in [1.29, 1.82) is 0 Å². The lowest BCUT2D eigenvalue weighted by Gasteiger charge is -2.16. The van der Waals surface area contributed by atoms with Crippen LogP contribution in [0.2, 0.25) is 0 Å². The Bertz CT molecular complexity index is 1130. The van der Waals surface area contributed by atoms with Gasteiger partial charge in [-0.25, -0.2) is 9.55 Å². The molecule has 2 heterocycles. The van der Waals surface area contributed by atoms with Crippen LogP contribution in [0.3, 0.4) is 0 Å². The number of aromatic nitrogens is 4. The van der Waals surface area contributed by atoms with E-state index in [-0.39, 0.29) is 42.2 Å². The first kappa shape index (κ1) is 34.7. The molecule has 4 N–H and O–H groups in total. The molecule has 0 aromatic carbocycles. The lowest BCUT2D eigenvalue weighted by molar-refractivity contribution is 0.0964. The highest BCUT2D eigenvalue weighted by Crippen LogP contribution is 2.45. The summed E-state index contributed by atoms with van der Waals surface area (Å²) in [6, 6.07) is 0.0631. The topological polar surface area (TPSA) is 155 Å². The number of nitrogens with zero attached hydrogens (tertiary/aromatic N) is 3. The fourth-order valence-corrected chi connectivity index (χ4v) is 6.57. The molecular weight excluding hydrogens is 557 g/mol. The van der Waals surface area contributed by atoms with Crippen molar-refractivity contribution in [1.82, 2.24) is 19.5 Å². The van der Waals surface area contributed by atoms with Crippen molar-refractivity contribution in [2.75, 3.05) is 32.2 Å². The van der Waals surface area contributed by atoms with Gasteiger partial charge >= 0.3 is 7.82 Å². The number of hydrogen-bond acceptors (Lipinski definition) is 8. The Morgan fingerprint density at radius 1 is 0.929 bits per heavy atom. The number of anilines is 1. The van der Waals surface area contributed by atoms with E-state index in [0.717, 1.165) is 25.9 Å². The van der Waals surface area contributed by atoms with Crippen LogP contribution in [0, 0.1) is 5.92 Å². The van der Waals surface area contributed by atoms with Crippen molar-refractivity contribution in [2.24, 2.45) is 5.92 Å². The molecule has 12 heteroatoms. The second-order valence-electron chi connectivity index (χ2n) is 11.8. The molecule has 2 aromatic rings. The van der Waals surface area contributed by atoms with E-state index in [1.807, 2.05) is 4.57 Å². The maximum atomic E-state index is 12.3. The van der Waals surface area contributed by atoms with Crippen molar-refractivity contribution in [2.45, 2.75) is 129 Å². The van der Waals surface area contributed by atoms with E-state index in [9.17, 15) is 14.3 Å². The molecule has 1 fully saturated rings. The molecule has 1 aliphatic rings. The van der Waals surface area contributed by atoms with E-state index in [1.54, 1.807) is 6.33 Å². The van der Waals surface area contributed by atoms with Gasteiger partial charge in [0.15, 0.2) is 11.2 Å². The van der Waals surface area contributed by atoms with Crippen molar-refractivity contribution < 1.29 is 23.2 Å². The van der Waals surface area contributed by atoms with Crippen molar-refractivity contribution in [3.8, 4) is 0 Å². The highest BCUT2D eigenvalue weighted by molar-refractivity contribution is 7.47. The van der Waals surface area contributed by atoms with E-state index >= 15 is 0 Å². The third-order valence-electron chi connectivity index (χ3n) is 8.16. The summed E-state index contributed by atoms with van der Waals surface area (Å²) in [4.78, 5) is 32.9. The standard InChI is InChI=1S/C30H54N5O6P/c1-2-3-4-5-6-7-8-9-10-11-12-13-14-15-19-39-20-16-21-40-42(37,38)41-23-25-17-18-26(22-25)35-24-32-27-28(35)33-30(31)34-29(27)36/h24-26H,2-23H2,1H3,(H,37,38)(H3,31,33,34,36)/t25-,26+/m1/s1. The van der Waals surface area contributed by atoms with Crippen LogP contribution in [0.15, 0.2) is 11.1 Å². The van der Waals surface area contributed by atoms with Gasteiger partial charge < -0.3 is 19.9 Å². The number of fused-ring (bicyclic) bond motifs is 1. The third-order valence-corrected chi connectivity index (χ3v) is 9.14. The molecule has 3 rings (SSSR count). The number of nitrogens with two attached hydrogens (primary N) is 1. The summed E-state index contributed by atoms with van der Waals surface area (Å²) in [6.07, 6.45) is 23.1. The van der Waals surface area contributed by atoms with Gasteiger partial charge in [0.2, 0.25) is 5.95 Å². The number of imidazole rings is 1. The van der Waals surface area contributed by atoms with E-state index in [0.29, 0.717) is 25.1 Å². The summed E-state index contributed by atoms with van der Waals surface area (Å²) in [5.41, 5.74) is 6.02. The number of rotatable bonds is 24. The van der Waals surface area contributed by atoms with E-state index in [1.165, 1.54) is 83.5 Å². The zero-order chi connectivity index (χ0) is 30.0. The van der Waals surface area contributed by atoms with Crippen molar-refractivity contribution in [3.05, 3.63) is 16.7 Å². The molecule has 42 heavy (non-hydrogen) atoms. The maximum Gasteiger partial charge on any atom is 0.472 e. The van der Waals surface area contributed by atoms with Crippen LogP contribution < -0.4 is 11.3 Å². The maximum absolute atomic E-state index is 12.3. The summed E-state index contributed by atoms with van der Waals surface area (Å²) in [6.45, 7) is 3.73. The molecule has 1 saturated carbocycles. The first-order chi connectivity index (χ1) is 20.4. The molecule has 1 aliphatic carbocycles. The summed E-state index contributed by atoms with van der Waals surface area (Å²) < 4.78 is 30.2. The molecule has 0 saturated heterocycles. The van der Waals surface area contributed by atoms with Crippen LogP contribution >= 0.6 is 7.82 Å². The SMILES string of the molecule is CCCCCCCCCCCCCCCCOCCCOP(=O)(O)OC[C@@H]1CC[C@H](n2cnc3c(=O)[nH]c(N)nc32)C1. The Labute approximate surface area is 250 Å². The Morgan fingerprint density at radius 3 is 2.21 bits per heavy atom. The van der Waals surface area contributed by atoms with Gasteiger partial charge in [-0.1, -0.05) is 90.4 Å². The smallest absolute Gasteiger partial charge is 0.381 e. The molecular formula is C30H54N5O6P. The van der Waals surface area contributed by atoms with E-state index in [4.69, 9.17) is 19.5 Å². The second kappa shape index (κ2) is 19.5. The minimum atomic E-state index is -4.12. The summed E-state index contributed by atoms with van der Waals surface area (Å²) in [7, 11) is -4.12. The van der Waals surface area contributed by atoms with Crippen LogP contribution in [-0.2, 0) is 18.3 Å². The Balaban J connectivity index is 1.13. The number of hydrogen-bond donors (Lipinski definition) is 3. The van der Waals surface area contributed by atoms with E-state index < -0.39 is 7.82 Å². The molecule has 240 valence electrons. The fourth-order valence-electron chi connectivity index (χ4n) is 5.74. The van der Waals surface area contributed by atoms with Gasteiger partial charge in [-0.05, 0) is 38.0 Å². The first-order valence-electron chi connectivity index (χ1n) is 16.3. The van der Waals surface area contributed by atoms with Gasteiger partial charge in [0, 0.05) is 19.3 Å². The molecule has 11 nitrogen and oxygen atoms in total. The predicted molar refractivity (Wildman–Crippen MR) is 166 cm³/mol. The van der Waals surface area contributed by atoms with Crippen LogP contribution in [0.5, 0.6) is 0 Å². The molecule has 0 spiro atoms. The number of aromatic amines is 1. The minimum Gasteiger partial charge on any atom is -0.381 e. The lowest BCUT2D eigenvalue weighted by atomic mass is 10.0. The monoisotopic (exact) mass is 611 g/mol. The summed E-state index contributed by atoms with van der Waals surface area (Å²) in [5, 5.41) is 0. The van der Waals surface area contributed by atoms with Crippen LogP contribution in [0.25, 0.3) is 11.2 Å². The van der Waals surface area contributed by atoms with Crippen LogP contribution in [-0.4, -0.2) is 50.8 Å². The fraction of sp³-hybridized carbons (Fsp3) is 0.833. The lowest BCUT2D eigenvalue weighted by Crippen LogP contribution is -2.13. The average molecular weight is 612 g/mol. The Morgan fingerprint density at radius 2 is 1.55 bits per heavy atom. The molecule has 0 radical (unpaired) electrons. The number of nitrogen functional groups attached to an aromatic ring is 1. The number of H-pyrrole nitrogens is 1. The first-order valence-corrected chi connectivity index (χ1v) is 17.8. The predicted octanol–water partition coefficient (Wildman–Crippen LogP) is 7.06. The normalized spacial score (nSPS) is 18.6. The van der Waals surface area contributed by atoms with Crippen LogP contribution in [0.4, 0.5) is 5.95 Å². The summed E-state index contributed by atoms with van der Waals surface area (Å²) in [5.74, 6) is 0.134.